The summed E-state index contributed by atoms with van der Waals surface area (Å²) in [5.74, 6) is 0. The van der Waals surface area contributed by atoms with Gasteiger partial charge in [-0.25, -0.2) is 4.79 Å². The van der Waals surface area contributed by atoms with Gasteiger partial charge in [0, 0.05) is 31.6 Å². The van der Waals surface area contributed by atoms with E-state index in [1.807, 2.05) is 16.8 Å². The number of hydrogen-bond donors (Lipinski definition) is 0. The summed E-state index contributed by atoms with van der Waals surface area (Å²) < 4.78 is 0. The molecule has 0 N–H and O–H groups in total. The van der Waals surface area contributed by atoms with E-state index < -0.39 is 0 Å². The Bertz CT molecular complexity index is 331. The molecule has 1 aliphatic heterocycles. The van der Waals surface area contributed by atoms with Gasteiger partial charge in [0.05, 0.1) is 0 Å². The van der Waals surface area contributed by atoms with Crippen LogP contribution in [0.1, 0.15) is 17.7 Å². The molecule has 1 fully saturated rings. The minimum atomic E-state index is 0.189. The third-order valence-corrected chi connectivity index (χ3v) is 3.91. The van der Waals surface area contributed by atoms with Crippen LogP contribution in [0.4, 0.5) is 4.79 Å². The zero-order valence-electron chi connectivity index (χ0n) is 9.69. The molecule has 1 saturated heterocycles. The number of urea groups is 1. The first-order chi connectivity index (χ1) is 7.77. The topological polar surface area (TPSA) is 23.6 Å². The SMILES string of the molecule is CN(CCc1cccs1)C(=O)N1CCCC1. The van der Waals surface area contributed by atoms with E-state index in [9.17, 15) is 4.79 Å². The van der Waals surface area contributed by atoms with Gasteiger partial charge in [-0.15, -0.1) is 11.3 Å². The molecule has 0 spiro atoms. The van der Waals surface area contributed by atoms with E-state index in [1.165, 1.54) is 4.88 Å². The van der Waals surface area contributed by atoms with E-state index in [0.29, 0.717) is 0 Å². The van der Waals surface area contributed by atoms with Crippen molar-refractivity contribution in [3.8, 4) is 0 Å². The van der Waals surface area contributed by atoms with Crippen molar-refractivity contribution < 1.29 is 4.79 Å². The third kappa shape index (κ3) is 2.76. The number of amides is 2. The van der Waals surface area contributed by atoms with Crippen molar-refractivity contribution in [2.75, 3.05) is 26.7 Å². The highest BCUT2D eigenvalue weighted by atomic mass is 32.1. The van der Waals surface area contributed by atoms with Gasteiger partial charge in [-0.3, -0.25) is 0 Å². The van der Waals surface area contributed by atoms with Crippen LogP contribution in [0.5, 0.6) is 0 Å². The van der Waals surface area contributed by atoms with E-state index in [1.54, 1.807) is 11.3 Å². The van der Waals surface area contributed by atoms with Crippen LogP contribution in [-0.2, 0) is 6.42 Å². The highest BCUT2D eigenvalue weighted by Crippen LogP contribution is 2.12. The van der Waals surface area contributed by atoms with Crippen LogP contribution in [0.25, 0.3) is 0 Å². The molecule has 0 unspecified atom stereocenters. The summed E-state index contributed by atoms with van der Waals surface area (Å²) >= 11 is 1.76. The summed E-state index contributed by atoms with van der Waals surface area (Å²) in [6.07, 6.45) is 3.28. The second-order valence-electron chi connectivity index (χ2n) is 4.23. The van der Waals surface area contributed by atoms with Crippen LogP contribution in [0, 0.1) is 0 Å². The van der Waals surface area contributed by atoms with Gasteiger partial charge in [-0.2, -0.15) is 0 Å². The molecular weight excluding hydrogens is 220 g/mol. The highest BCUT2D eigenvalue weighted by molar-refractivity contribution is 7.09. The number of rotatable bonds is 3. The molecule has 1 aromatic heterocycles. The molecule has 0 radical (unpaired) electrons. The van der Waals surface area contributed by atoms with E-state index in [0.717, 1.165) is 38.9 Å². The second-order valence-corrected chi connectivity index (χ2v) is 5.26. The number of likely N-dealkylation sites (N-methyl/N-ethyl adjacent to an activating group) is 1. The van der Waals surface area contributed by atoms with Crippen molar-refractivity contribution in [3.05, 3.63) is 22.4 Å². The predicted octanol–water partition coefficient (Wildman–Crippen LogP) is 2.44. The minimum absolute atomic E-state index is 0.189. The zero-order valence-corrected chi connectivity index (χ0v) is 10.5. The summed E-state index contributed by atoms with van der Waals surface area (Å²) in [7, 11) is 1.90. The fourth-order valence-electron chi connectivity index (χ4n) is 1.98. The summed E-state index contributed by atoms with van der Waals surface area (Å²) in [5.41, 5.74) is 0. The maximum atomic E-state index is 12.0. The smallest absolute Gasteiger partial charge is 0.319 e. The second kappa shape index (κ2) is 5.34. The van der Waals surface area contributed by atoms with Crippen LogP contribution in [-0.4, -0.2) is 42.5 Å². The molecule has 0 aromatic carbocycles. The lowest BCUT2D eigenvalue weighted by Gasteiger charge is -2.24. The average Bonchev–Trinajstić information content (AvgIpc) is 2.96. The van der Waals surface area contributed by atoms with E-state index >= 15 is 0 Å². The van der Waals surface area contributed by atoms with Crippen molar-refractivity contribution in [2.45, 2.75) is 19.3 Å². The van der Waals surface area contributed by atoms with Gasteiger partial charge < -0.3 is 9.80 Å². The largest absolute Gasteiger partial charge is 0.327 e. The van der Waals surface area contributed by atoms with E-state index in [4.69, 9.17) is 0 Å². The Labute approximate surface area is 101 Å². The summed E-state index contributed by atoms with van der Waals surface area (Å²) in [6.45, 7) is 2.68. The molecule has 1 aliphatic rings. The number of nitrogens with zero attached hydrogens (tertiary/aromatic N) is 2. The number of thiophene rings is 1. The Morgan fingerprint density at radius 1 is 1.50 bits per heavy atom. The first-order valence-electron chi connectivity index (χ1n) is 5.80. The predicted molar refractivity (Wildman–Crippen MR) is 66.9 cm³/mol. The Morgan fingerprint density at radius 2 is 2.25 bits per heavy atom. The van der Waals surface area contributed by atoms with Gasteiger partial charge in [0.25, 0.3) is 0 Å². The number of hydrogen-bond acceptors (Lipinski definition) is 2. The molecule has 88 valence electrons. The Hall–Kier alpha value is -1.03. The highest BCUT2D eigenvalue weighted by Gasteiger charge is 2.20. The Kier molecular flexibility index (Phi) is 3.83. The molecular formula is C12H18N2OS. The lowest BCUT2D eigenvalue weighted by Crippen LogP contribution is -2.40. The third-order valence-electron chi connectivity index (χ3n) is 2.98. The maximum Gasteiger partial charge on any atom is 0.319 e. The van der Waals surface area contributed by atoms with Crippen LogP contribution in [0.15, 0.2) is 17.5 Å². The molecule has 16 heavy (non-hydrogen) atoms. The number of likely N-dealkylation sites (tertiary alicyclic amines) is 1. The molecule has 2 amide bonds. The van der Waals surface area contributed by atoms with E-state index in [2.05, 4.69) is 17.5 Å². The van der Waals surface area contributed by atoms with Gasteiger partial charge in [0.1, 0.15) is 0 Å². The van der Waals surface area contributed by atoms with Gasteiger partial charge >= 0.3 is 6.03 Å². The van der Waals surface area contributed by atoms with Crippen LogP contribution in [0.3, 0.4) is 0 Å². The Balaban J connectivity index is 1.78. The lowest BCUT2D eigenvalue weighted by molar-refractivity contribution is 0.173. The van der Waals surface area contributed by atoms with Gasteiger partial charge in [0.2, 0.25) is 0 Å². The van der Waals surface area contributed by atoms with Crippen molar-refractivity contribution in [3.63, 3.8) is 0 Å². The molecule has 2 rings (SSSR count). The Morgan fingerprint density at radius 3 is 2.88 bits per heavy atom. The molecule has 4 heteroatoms. The van der Waals surface area contributed by atoms with Crippen molar-refractivity contribution in [1.82, 2.24) is 9.80 Å². The molecule has 0 atom stereocenters. The molecule has 0 aliphatic carbocycles. The number of carbonyl (C=O) groups excluding carboxylic acids is 1. The first kappa shape index (κ1) is 11.5. The van der Waals surface area contributed by atoms with E-state index in [-0.39, 0.29) is 6.03 Å². The molecule has 2 heterocycles. The van der Waals surface area contributed by atoms with Crippen molar-refractivity contribution in [2.24, 2.45) is 0 Å². The standard InChI is InChI=1S/C12H18N2OS/c1-13(9-6-11-5-4-10-16-11)12(15)14-7-2-3-8-14/h4-5,10H,2-3,6-9H2,1H3. The summed E-state index contributed by atoms with van der Waals surface area (Å²) in [4.78, 5) is 17.1. The zero-order chi connectivity index (χ0) is 11.4. The molecule has 0 saturated carbocycles. The molecule has 0 bridgehead atoms. The number of carbonyl (C=O) groups is 1. The fourth-order valence-corrected chi connectivity index (χ4v) is 2.68. The molecule has 1 aromatic rings. The first-order valence-corrected chi connectivity index (χ1v) is 6.68. The maximum absolute atomic E-state index is 12.0. The van der Waals surface area contributed by atoms with Crippen LogP contribution in [0.2, 0.25) is 0 Å². The molecule has 3 nitrogen and oxygen atoms in total. The lowest BCUT2D eigenvalue weighted by atomic mass is 10.3. The van der Waals surface area contributed by atoms with Crippen LogP contribution < -0.4 is 0 Å². The van der Waals surface area contributed by atoms with Gasteiger partial charge in [-0.1, -0.05) is 6.07 Å². The normalized spacial score (nSPS) is 15.4. The van der Waals surface area contributed by atoms with Crippen LogP contribution >= 0.6 is 11.3 Å². The summed E-state index contributed by atoms with van der Waals surface area (Å²) in [6, 6.07) is 4.37. The fraction of sp³-hybridized carbons (Fsp3) is 0.583. The average molecular weight is 238 g/mol. The summed E-state index contributed by atoms with van der Waals surface area (Å²) in [5, 5.41) is 2.08. The van der Waals surface area contributed by atoms with Gasteiger partial charge in [0.15, 0.2) is 0 Å². The van der Waals surface area contributed by atoms with Crippen molar-refractivity contribution in [1.29, 1.82) is 0 Å². The van der Waals surface area contributed by atoms with Gasteiger partial charge in [-0.05, 0) is 30.7 Å². The monoisotopic (exact) mass is 238 g/mol. The minimum Gasteiger partial charge on any atom is -0.327 e. The quantitative estimate of drug-likeness (QED) is 0.793. The van der Waals surface area contributed by atoms with Crippen molar-refractivity contribution >= 4 is 17.4 Å².